The summed E-state index contributed by atoms with van der Waals surface area (Å²) in [6, 6.07) is 0. The molecule has 0 saturated heterocycles. The van der Waals surface area contributed by atoms with Crippen LogP contribution in [0.3, 0.4) is 0 Å². The molecule has 1 aromatic rings. The maximum atomic E-state index is 4.06. The zero-order valence-corrected chi connectivity index (χ0v) is 6.70. The molecule has 0 atom stereocenters. The van der Waals surface area contributed by atoms with Gasteiger partial charge in [0.2, 0.25) is 0 Å². The van der Waals surface area contributed by atoms with Gasteiger partial charge in [-0.25, -0.2) is 9.67 Å². The van der Waals surface area contributed by atoms with Crippen molar-refractivity contribution in [1.82, 2.24) is 14.8 Å². The van der Waals surface area contributed by atoms with E-state index in [-0.39, 0.29) is 5.54 Å². The van der Waals surface area contributed by atoms with Gasteiger partial charge in [-0.1, -0.05) is 6.92 Å². The van der Waals surface area contributed by atoms with Gasteiger partial charge in [-0.3, -0.25) is 0 Å². The number of aromatic nitrogens is 3. The van der Waals surface area contributed by atoms with Crippen molar-refractivity contribution in [2.75, 3.05) is 0 Å². The van der Waals surface area contributed by atoms with Gasteiger partial charge in [-0.05, 0) is 20.3 Å². The van der Waals surface area contributed by atoms with Gasteiger partial charge in [-0.15, -0.1) is 0 Å². The molecule has 0 unspecified atom stereocenters. The van der Waals surface area contributed by atoms with Crippen LogP contribution in [0.2, 0.25) is 0 Å². The Balaban J connectivity index is 2.85. The summed E-state index contributed by atoms with van der Waals surface area (Å²) in [5, 5.41) is 4.06. The standard InChI is InChI=1S/C7H13N3/c1-4-7(2,3)10-6-8-5-9-10/h5-6H,4H2,1-3H3. The number of hydrogen-bond acceptors (Lipinski definition) is 2. The molecule has 0 bridgehead atoms. The molecule has 0 saturated carbocycles. The Morgan fingerprint density at radius 2 is 2.20 bits per heavy atom. The molecule has 56 valence electrons. The molecule has 0 radical (unpaired) electrons. The first-order valence-electron chi connectivity index (χ1n) is 3.52. The minimum absolute atomic E-state index is 0.108. The van der Waals surface area contributed by atoms with E-state index in [1.807, 2.05) is 4.68 Å². The molecule has 3 heteroatoms. The summed E-state index contributed by atoms with van der Waals surface area (Å²) in [6.45, 7) is 6.42. The van der Waals surface area contributed by atoms with Crippen molar-refractivity contribution in [3.05, 3.63) is 12.7 Å². The second kappa shape index (κ2) is 2.40. The second-order valence-corrected chi connectivity index (χ2v) is 3.01. The minimum Gasteiger partial charge on any atom is -0.247 e. The quantitative estimate of drug-likeness (QED) is 0.620. The average Bonchev–Trinajstić information content (AvgIpc) is 2.38. The third-order valence-corrected chi connectivity index (χ3v) is 1.90. The summed E-state index contributed by atoms with van der Waals surface area (Å²) in [7, 11) is 0. The van der Waals surface area contributed by atoms with E-state index < -0.39 is 0 Å². The monoisotopic (exact) mass is 139 g/mol. The normalized spacial score (nSPS) is 11.9. The van der Waals surface area contributed by atoms with Crippen LogP contribution < -0.4 is 0 Å². The summed E-state index contributed by atoms with van der Waals surface area (Å²) in [5.41, 5.74) is 0.108. The van der Waals surface area contributed by atoms with Crippen LogP contribution >= 0.6 is 0 Å². The van der Waals surface area contributed by atoms with E-state index in [4.69, 9.17) is 0 Å². The van der Waals surface area contributed by atoms with Gasteiger partial charge in [0.05, 0.1) is 5.54 Å². The van der Waals surface area contributed by atoms with E-state index in [9.17, 15) is 0 Å². The van der Waals surface area contributed by atoms with E-state index in [0.29, 0.717) is 0 Å². The maximum Gasteiger partial charge on any atom is 0.137 e. The zero-order valence-electron chi connectivity index (χ0n) is 6.70. The van der Waals surface area contributed by atoms with Gasteiger partial charge < -0.3 is 0 Å². The molecular formula is C7H13N3. The van der Waals surface area contributed by atoms with Gasteiger partial charge in [-0.2, -0.15) is 5.10 Å². The summed E-state index contributed by atoms with van der Waals surface area (Å²) in [5.74, 6) is 0. The van der Waals surface area contributed by atoms with Crippen molar-refractivity contribution in [3.63, 3.8) is 0 Å². The highest BCUT2D eigenvalue weighted by atomic mass is 15.3. The van der Waals surface area contributed by atoms with Crippen LogP contribution in [-0.4, -0.2) is 14.8 Å². The van der Waals surface area contributed by atoms with Crippen LogP contribution in [0.1, 0.15) is 27.2 Å². The molecule has 0 aliphatic carbocycles. The Labute approximate surface area is 61.1 Å². The van der Waals surface area contributed by atoms with Gasteiger partial charge in [0.15, 0.2) is 0 Å². The molecule has 0 spiro atoms. The Hall–Kier alpha value is -0.860. The molecule has 1 heterocycles. The van der Waals surface area contributed by atoms with E-state index in [0.717, 1.165) is 6.42 Å². The predicted octanol–water partition coefficient (Wildman–Crippen LogP) is 1.42. The first-order valence-corrected chi connectivity index (χ1v) is 3.52. The van der Waals surface area contributed by atoms with Crippen LogP contribution in [0.25, 0.3) is 0 Å². The number of hydrogen-bond donors (Lipinski definition) is 0. The second-order valence-electron chi connectivity index (χ2n) is 3.01. The smallest absolute Gasteiger partial charge is 0.137 e. The Morgan fingerprint density at radius 3 is 2.60 bits per heavy atom. The number of rotatable bonds is 2. The summed E-state index contributed by atoms with van der Waals surface area (Å²) < 4.78 is 1.88. The predicted molar refractivity (Wildman–Crippen MR) is 39.6 cm³/mol. The molecule has 10 heavy (non-hydrogen) atoms. The lowest BCUT2D eigenvalue weighted by atomic mass is 10.0. The molecule has 0 amide bonds. The van der Waals surface area contributed by atoms with Gasteiger partial charge in [0.25, 0.3) is 0 Å². The third-order valence-electron chi connectivity index (χ3n) is 1.90. The molecule has 0 aliphatic rings. The maximum absolute atomic E-state index is 4.06. The lowest BCUT2D eigenvalue weighted by Gasteiger charge is -2.22. The molecule has 0 N–H and O–H groups in total. The van der Waals surface area contributed by atoms with Crippen molar-refractivity contribution in [2.45, 2.75) is 32.7 Å². The van der Waals surface area contributed by atoms with E-state index in [1.165, 1.54) is 0 Å². The topological polar surface area (TPSA) is 30.7 Å². The highest BCUT2D eigenvalue weighted by Gasteiger charge is 2.16. The summed E-state index contributed by atoms with van der Waals surface area (Å²) in [4.78, 5) is 3.89. The average molecular weight is 139 g/mol. The van der Waals surface area contributed by atoms with Crippen LogP contribution in [0, 0.1) is 0 Å². The molecular weight excluding hydrogens is 126 g/mol. The molecule has 3 nitrogen and oxygen atoms in total. The molecule has 1 aromatic heterocycles. The Kier molecular flexibility index (Phi) is 1.74. The summed E-state index contributed by atoms with van der Waals surface area (Å²) >= 11 is 0. The fourth-order valence-electron chi connectivity index (χ4n) is 0.683. The highest BCUT2D eigenvalue weighted by Crippen LogP contribution is 2.15. The molecule has 0 fully saturated rings. The van der Waals surface area contributed by atoms with E-state index >= 15 is 0 Å². The lowest BCUT2D eigenvalue weighted by molar-refractivity contribution is 0.307. The molecule has 0 aliphatic heterocycles. The van der Waals surface area contributed by atoms with Gasteiger partial charge in [0.1, 0.15) is 12.7 Å². The first-order chi connectivity index (χ1) is 4.67. The van der Waals surface area contributed by atoms with Crippen LogP contribution in [0.5, 0.6) is 0 Å². The Morgan fingerprint density at radius 1 is 1.50 bits per heavy atom. The van der Waals surface area contributed by atoms with Crippen molar-refractivity contribution in [3.8, 4) is 0 Å². The van der Waals surface area contributed by atoms with Gasteiger partial charge in [0, 0.05) is 0 Å². The summed E-state index contributed by atoms with van der Waals surface area (Å²) in [6.07, 6.45) is 4.39. The highest BCUT2D eigenvalue weighted by molar-refractivity contribution is 4.74. The van der Waals surface area contributed by atoms with Crippen molar-refractivity contribution in [2.24, 2.45) is 0 Å². The van der Waals surface area contributed by atoms with Gasteiger partial charge >= 0.3 is 0 Å². The van der Waals surface area contributed by atoms with Crippen molar-refractivity contribution < 1.29 is 0 Å². The zero-order chi connectivity index (χ0) is 7.61. The van der Waals surface area contributed by atoms with Crippen molar-refractivity contribution >= 4 is 0 Å². The molecule has 1 rings (SSSR count). The minimum atomic E-state index is 0.108. The number of nitrogens with zero attached hydrogens (tertiary/aromatic N) is 3. The SMILES string of the molecule is CCC(C)(C)n1cncn1. The van der Waals surface area contributed by atoms with E-state index in [1.54, 1.807) is 12.7 Å². The first kappa shape index (κ1) is 7.25. The fraction of sp³-hybridized carbons (Fsp3) is 0.714. The lowest BCUT2D eigenvalue weighted by Crippen LogP contribution is -2.25. The van der Waals surface area contributed by atoms with Crippen LogP contribution in [0.15, 0.2) is 12.7 Å². The Bertz CT molecular complexity index is 189. The van der Waals surface area contributed by atoms with Crippen molar-refractivity contribution in [1.29, 1.82) is 0 Å². The van der Waals surface area contributed by atoms with Crippen LogP contribution in [0.4, 0.5) is 0 Å². The molecule has 0 aromatic carbocycles. The third kappa shape index (κ3) is 1.17. The van der Waals surface area contributed by atoms with E-state index in [2.05, 4.69) is 30.9 Å². The van der Waals surface area contributed by atoms with Crippen LogP contribution in [-0.2, 0) is 5.54 Å². The largest absolute Gasteiger partial charge is 0.247 e. The fourth-order valence-corrected chi connectivity index (χ4v) is 0.683.